The van der Waals surface area contributed by atoms with Crippen LogP contribution in [0.15, 0.2) is 0 Å². The van der Waals surface area contributed by atoms with Crippen molar-refractivity contribution < 1.29 is 9.59 Å². The van der Waals surface area contributed by atoms with Gasteiger partial charge in [-0.25, -0.2) is 0 Å². The Balaban J connectivity index is 2.33. The number of carbonyl (C=O) groups excluding carboxylic acids is 2. The lowest BCUT2D eigenvalue weighted by atomic mass is 10.2. The standard InChI is InChI=1S/C11H15NO2/c1-2-3-4-5-9-12-10(13)7-6-8-11(12)14/h2-5,7,9H2,1H3. The maximum Gasteiger partial charge on any atom is 0.305 e. The minimum absolute atomic E-state index is 0.148. The molecule has 1 rings (SSSR count). The zero-order valence-electron chi connectivity index (χ0n) is 8.51. The van der Waals surface area contributed by atoms with E-state index in [1.807, 2.05) is 0 Å². The van der Waals surface area contributed by atoms with Gasteiger partial charge in [-0.05, 0) is 12.3 Å². The molecule has 0 aromatic heterocycles. The third-order valence-corrected chi connectivity index (χ3v) is 2.22. The molecular formula is C11H15NO2. The number of hydrogen-bond donors (Lipinski definition) is 0. The fourth-order valence-electron chi connectivity index (χ4n) is 1.39. The Morgan fingerprint density at radius 2 is 2.07 bits per heavy atom. The van der Waals surface area contributed by atoms with Gasteiger partial charge < -0.3 is 0 Å². The largest absolute Gasteiger partial charge is 0.305 e. The Morgan fingerprint density at radius 3 is 2.71 bits per heavy atom. The van der Waals surface area contributed by atoms with Gasteiger partial charge in [0, 0.05) is 6.54 Å². The number of hydrogen-bond acceptors (Lipinski definition) is 2. The summed E-state index contributed by atoms with van der Waals surface area (Å²) in [7, 11) is 0. The zero-order valence-corrected chi connectivity index (χ0v) is 8.51. The summed E-state index contributed by atoms with van der Waals surface area (Å²) in [5.74, 6) is 4.46. The SMILES string of the molecule is CCCCCCN1C(=O)C#CCC1=O. The fraction of sp³-hybridized carbons (Fsp3) is 0.636. The van der Waals surface area contributed by atoms with Gasteiger partial charge in [0.05, 0.1) is 6.42 Å². The summed E-state index contributed by atoms with van der Waals surface area (Å²) in [6.45, 7) is 2.66. The van der Waals surface area contributed by atoms with E-state index < -0.39 is 0 Å². The molecular weight excluding hydrogens is 178 g/mol. The van der Waals surface area contributed by atoms with Gasteiger partial charge in [0.1, 0.15) is 0 Å². The van der Waals surface area contributed by atoms with Gasteiger partial charge in [-0.1, -0.05) is 32.1 Å². The average molecular weight is 193 g/mol. The highest BCUT2D eigenvalue weighted by Gasteiger charge is 2.21. The second-order valence-corrected chi connectivity index (χ2v) is 3.39. The number of unbranched alkanes of at least 4 members (excludes halogenated alkanes) is 3. The molecule has 0 saturated carbocycles. The lowest BCUT2D eigenvalue weighted by Gasteiger charge is -2.18. The summed E-state index contributed by atoms with van der Waals surface area (Å²) in [5.41, 5.74) is 0. The van der Waals surface area contributed by atoms with Crippen molar-refractivity contribution in [1.82, 2.24) is 4.90 Å². The molecule has 1 heterocycles. The fourth-order valence-corrected chi connectivity index (χ4v) is 1.39. The lowest BCUT2D eigenvalue weighted by molar-refractivity contribution is -0.141. The van der Waals surface area contributed by atoms with Crippen molar-refractivity contribution in [2.75, 3.05) is 6.54 Å². The highest BCUT2D eigenvalue weighted by Crippen LogP contribution is 2.05. The molecule has 2 amide bonds. The predicted molar refractivity (Wildman–Crippen MR) is 53.3 cm³/mol. The summed E-state index contributed by atoms with van der Waals surface area (Å²) in [5, 5.41) is 0. The van der Waals surface area contributed by atoms with Gasteiger partial charge in [-0.3, -0.25) is 14.5 Å². The third-order valence-electron chi connectivity index (χ3n) is 2.22. The Kier molecular flexibility index (Phi) is 4.18. The maximum atomic E-state index is 11.3. The van der Waals surface area contributed by atoms with Crippen molar-refractivity contribution in [2.45, 2.75) is 39.0 Å². The molecule has 0 unspecified atom stereocenters. The molecule has 0 aromatic carbocycles. The molecule has 0 bridgehead atoms. The van der Waals surface area contributed by atoms with Crippen LogP contribution in [0.2, 0.25) is 0 Å². The Bertz CT molecular complexity index is 285. The molecule has 0 aliphatic carbocycles. The van der Waals surface area contributed by atoms with E-state index in [1.165, 1.54) is 4.90 Å². The Morgan fingerprint density at radius 1 is 1.29 bits per heavy atom. The van der Waals surface area contributed by atoms with E-state index in [1.54, 1.807) is 0 Å². The number of carbonyl (C=O) groups is 2. The van der Waals surface area contributed by atoms with E-state index in [0.717, 1.165) is 25.7 Å². The molecule has 0 atom stereocenters. The van der Waals surface area contributed by atoms with Crippen LogP contribution in [0.1, 0.15) is 39.0 Å². The van der Waals surface area contributed by atoms with E-state index in [9.17, 15) is 9.59 Å². The first-order valence-electron chi connectivity index (χ1n) is 5.09. The first-order valence-corrected chi connectivity index (χ1v) is 5.09. The minimum atomic E-state index is -0.335. The number of rotatable bonds is 5. The minimum Gasteiger partial charge on any atom is -0.273 e. The topological polar surface area (TPSA) is 37.4 Å². The smallest absolute Gasteiger partial charge is 0.273 e. The van der Waals surface area contributed by atoms with Gasteiger partial charge in [0.25, 0.3) is 0 Å². The van der Waals surface area contributed by atoms with Crippen LogP contribution in [-0.4, -0.2) is 23.3 Å². The Labute approximate surface area is 84.5 Å². The maximum absolute atomic E-state index is 11.3. The molecule has 76 valence electrons. The van der Waals surface area contributed by atoms with Crippen LogP contribution in [0, 0.1) is 11.8 Å². The van der Waals surface area contributed by atoms with E-state index in [2.05, 4.69) is 18.8 Å². The molecule has 0 saturated heterocycles. The summed E-state index contributed by atoms with van der Waals surface area (Å²) >= 11 is 0. The van der Waals surface area contributed by atoms with Crippen molar-refractivity contribution in [2.24, 2.45) is 0 Å². The second-order valence-electron chi connectivity index (χ2n) is 3.39. The van der Waals surface area contributed by atoms with Crippen LogP contribution in [-0.2, 0) is 9.59 Å². The van der Waals surface area contributed by atoms with E-state index in [0.29, 0.717) is 6.54 Å². The van der Waals surface area contributed by atoms with Gasteiger partial charge in [-0.2, -0.15) is 0 Å². The summed E-state index contributed by atoms with van der Waals surface area (Å²) in [4.78, 5) is 23.7. The quantitative estimate of drug-likeness (QED) is 0.375. The van der Waals surface area contributed by atoms with Crippen LogP contribution >= 0.6 is 0 Å². The predicted octanol–water partition coefficient (Wildman–Crippen LogP) is 1.33. The summed E-state index contributed by atoms with van der Waals surface area (Å²) in [6.07, 6.45) is 4.47. The van der Waals surface area contributed by atoms with Crippen LogP contribution in [0.4, 0.5) is 0 Å². The van der Waals surface area contributed by atoms with E-state index in [-0.39, 0.29) is 18.2 Å². The molecule has 1 aliphatic rings. The zero-order chi connectivity index (χ0) is 10.4. The van der Waals surface area contributed by atoms with Crippen molar-refractivity contribution >= 4 is 11.8 Å². The van der Waals surface area contributed by atoms with Crippen molar-refractivity contribution in [3.63, 3.8) is 0 Å². The molecule has 3 heteroatoms. The highest BCUT2D eigenvalue weighted by atomic mass is 16.2. The van der Waals surface area contributed by atoms with Crippen molar-refractivity contribution in [3.05, 3.63) is 0 Å². The van der Waals surface area contributed by atoms with Crippen molar-refractivity contribution in [1.29, 1.82) is 0 Å². The second kappa shape index (κ2) is 5.43. The molecule has 3 nitrogen and oxygen atoms in total. The van der Waals surface area contributed by atoms with Crippen LogP contribution in [0.25, 0.3) is 0 Å². The molecule has 0 spiro atoms. The molecule has 14 heavy (non-hydrogen) atoms. The molecule has 0 aromatic rings. The van der Waals surface area contributed by atoms with Gasteiger partial charge in [0.15, 0.2) is 0 Å². The average Bonchev–Trinajstić information content (AvgIpc) is 2.16. The number of imide groups is 1. The van der Waals surface area contributed by atoms with Crippen LogP contribution in [0.3, 0.4) is 0 Å². The van der Waals surface area contributed by atoms with Gasteiger partial charge >= 0.3 is 5.91 Å². The monoisotopic (exact) mass is 193 g/mol. The lowest BCUT2D eigenvalue weighted by Crippen LogP contribution is -2.38. The molecule has 0 fully saturated rings. The normalized spacial score (nSPS) is 15.4. The first kappa shape index (κ1) is 10.8. The number of amides is 2. The molecule has 0 radical (unpaired) electrons. The number of nitrogens with zero attached hydrogens (tertiary/aromatic N) is 1. The Hall–Kier alpha value is -1.30. The van der Waals surface area contributed by atoms with E-state index in [4.69, 9.17) is 0 Å². The summed E-state index contributed by atoms with van der Waals surface area (Å²) in [6, 6.07) is 0. The van der Waals surface area contributed by atoms with Crippen LogP contribution in [0.5, 0.6) is 0 Å². The first-order chi connectivity index (χ1) is 6.75. The van der Waals surface area contributed by atoms with Crippen LogP contribution < -0.4 is 0 Å². The van der Waals surface area contributed by atoms with Crippen molar-refractivity contribution in [3.8, 4) is 11.8 Å². The highest BCUT2D eigenvalue weighted by molar-refractivity contribution is 6.07. The molecule has 0 N–H and O–H groups in total. The summed E-state index contributed by atoms with van der Waals surface area (Å²) < 4.78 is 0. The van der Waals surface area contributed by atoms with E-state index >= 15 is 0 Å². The molecule has 1 aliphatic heterocycles. The van der Waals surface area contributed by atoms with Gasteiger partial charge in [-0.15, -0.1) is 0 Å². The van der Waals surface area contributed by atoms with Gasteiger partial charge in [0.2, 0.25) is 5.91 Å². The third kappa shape index (κ3) is 2.88.